The molecule has 1 heterocycles. The van der Waals surface area contributed by atoms with Crippen LogP contribution in [0.5, 0.6) is 0 Å². The summed E-state index contributed by atoms with van der Waals surface area (Å²) in [5, 5.41) is 3.67. The molecule has 4 heteroatoms. The van der Waals surface area contributed by atoms with Crippen molar-refractivity contribution in [3.63, 3.8) is 0 Å². The predicted octanol–water partition coefficient (Wildman–Crippen LogP) is 2.06. The van der Waals surface area contributed by atoms with Gasteiger partial charge in [0.25, 0.3) is 0 Å². The highest BCUT2D eigenvalue weighted by Crippen LogP contribution is 2.31. The maximum atomic E-state index is 5.62. The van der Waals surface area contributed by atoms with E-state index in [1.807, 2.05) is 0 Å². The molecule has 0 aromatic heterocycles. The summed E-state index contributed by atoms with van der Waals surface area (Å²) in [5.74, 6) is 0. The van der Waals surface area contributed by atoms with E-state index in [1.165, 1.54) is 45.3 Å². The van der Waals surface area contributed by atoms with Gasteiger partial charge in [-0.1, -0.05) is 13.8 Å². The molecule has 0 atom stereocenters. The average molecular weight is 300 g/mol. The van der Waals surface area contributed by atoms with Crippen LogP contribution >= 0.6 is 0 Å². The molecule has 1 saturated heterocycles. The Morgan fingerprint density at radius 3 is 2.29 bits per heavy atom. The van der Waals surface area contributed by atoms with Crippen LogP contribution in [-0.4, -0.2) is 76.4 Å². The van der Waals surface area contributed by atoms with Crippen LogP contribution in [0.3, 0.4) is 0 Å². The van der Waals surface area contributed by atoms with Crippen molar-refractivity contribution in [2.75, 3.05) is 66.6 Å². The van der Waals surface area contributed by atoms with Gasteiger partial charge in [-0.3, -0.25) is 0 Å². The van der Waals surface area contributed by atoms with Crippen molar-refractivity contribution in [1.82, 2.24) is 15.1 Å². The first-order chi connectivity index (χ1) is 10.1. The molecule has 0 bridgehead atoms. The molecule has 0 saturated carbocycles. The van der Waals surface area contributed by atoms with E-state index >= 15 is 0 Å². The summed E-state index contributed by atoms with van der Waals surface area (Å²) in [6, 6.07) is 0. The van der Waals surface area contributed by atoms with Crippen molar-refractivity contribution >= 4 is 0 Å². The molecule has 0 aromatic rings. The van der Waals surface area contributed by atoms with E-state index in [9.17, 15) is 0 Å². The Kier molecular flexibility index (Phi) is 9.49. The summed E-state index contributed by atoms with van der Waals surface area (Å²) in [6.45, 7) is 13.4. The van der Waals surface area contributed by atoms with Crippen molar-refractivity contribution in [2.24, 2.45) is 5.41 Å². The zero-order valence-corrected chi connectivity index (χ0v) is 14.8. The van der Waals surface area contributed by atoms with Gasteiger partial charge in [0.1, 0.15) is 0 Å². The number of likely N-dealkylation sites (N-methyl/N-ethyl adjacent to an activating group) is 1. The second-order valence-corrected chi connectivity index (χ2v) is 6.87. The molecule has 1 fully saturated rings. The first-order valence-corrected chi connectivity index (χ1v) is 8.77. The fraction of sp³-hybridized carbons (Fsp3) is 1.00. The topological polar surface area (TPSA) is 27.7 Å². The Morgan fingerprint density at radius 2 is 1.71 bits per heavy atom. The molecule has 0 aromatic carbocycles. The van der Waals surface area contributed by atoms with Gasteiger partial charge >= 0.3 is 0 Å². The second kappa shape index (κ2) is 10.5. The van der Waals surface area contributed by atoms with E-state index in [0.717, 1.165) is 32.8 Å². The normalized spacial score (nSPS) is 18.6. The molecule has 21 heavy (non-hydrogen) atoms. The number of nitrogens with one attached hydrogen (secondary N) is 1. The Hall–Kier alpha value is -0.160. The molecule has 0 amide bonds. The van der Waals surface area contributed by atoms with E-state index in [-0.39, 0.29) is 0 Å². The van der Waals surface area contributed by atoms with E-state index in [4.69, 9.17) is 4.74 Å². The maximum Gasteiger partial charge on any atom is 0.0472 e. The minimum absolute atomic E-state index is 0.412. The largest absolute Gasteiger partial charge is 0.381 e. The van der Waals surface area contributed by atoms with Crippen LogP contribution in [0.2, 0.25) is 0 Å². The third kappa shape index (κ3) is 7.59. The van der Waals surface area contributed by atoms with Gasteiger partial charge in [0.15, 0.2) is 0 Å². The Balaban J connectivity index is 2.57. The van der Waals surface area contributed by atoms with Crippen molar-refractivity contribution in [3.05, 3.63) is 0 Å². The fourth-order valence-corrected chi connectivity index (χ4v) is 3.13. The van der Waals surface area contributed by atoms with Gasteiger partial charge in [0, 0.05) is 39.4 Å². The van der Waals surface area contributed by atoms with E-state index in [2.05, 4.69) is 43.1 Å². The average Bonchev–Trinajstić information content (AvgIpc) is 2.46. The lowest BCUT2D eigenvalue weighted by molar-refractivity contribution is -0.00504. The second-order valence-electron chi connectivity index (χ2n) is 6.87. The van der Waals surface area contributed by atoms with Gasteiger partial charge in [0.05, 0.1) is 0 Å². The number of hydrogen-bond acceptors (Lipinski definition) is 4. The molecule has 0 spiro atoms. The van der Waals surface area contributed by atoms with Crippen LogP contribution in [0, 0.1) is 5.41 Å². The van der Waals surface area contributed by atoms with Gasteiger partial charge < -0.3 is 19.9 Å². The Bertz CT molecular complexity index is 252. The first-order valence-electron chi connectivity index (χ1n) is 8.77. The Morgan fingerprint density at radius 1 is 1.00 bits per heavy atom. The molecule has 1 aliphatic heterocycles. The summed E-state index contributed by atoms with van der Waals surface area (Å²) >= 11 is 0. The van der Waals surface area contributed by atoms with Crippen LogP contribution < -0.4 is 5.32 Å². The van der Waals surface area contributed by atoms with Crippen molar-refractivity contribution in [1.29, 1.82) is 0 Å². The monoisotopic (exact) mass is 299 g/mol. The Labute approximate surface area is 132 Å². The lowest BCUT2D eigenvalue weighted by atomic mass is 9.79. The standard InChI is InChI=1S/C17H37N3O/c1-5-9-18-15-17(7-13-21-14-8-17)16-20(10-6-2)12-11-19(3)4/h18H,5-16H2,1-4H3. The van der Waals surface area contributed by atoms with Gasteiger partial charge in [-0.15, -0.1) is 0 Å². The molecule has 1 N–H and O–H groups in total. The molecule has 0 radical (unpaired) electrons. The number of hydrogen-bond donors (Lipinski definition) is 1. The van der Waals surface area contributed by atoms with Crippen LogP contribution in [0.1, 0.15) is 39.5 Å². The third-order valence-electron chi connectivity index (χ3n) is 4.44. The van der Waals surface area contributed by atoms with E-state index in [0.29, 0.717) is 5.41 Å². The number of ether oxygens (including phenoxy) is 1. The molecule has 1 rings (SSSR count). The van der Waals surface area contributed by atoms with Gasteiger partial charge in [-0.2, -0.15) is 0 Å². The lowest BCUT2D eigenvalue weighted by Crippen LogP contribution is -2.48. The fourth-order valence-electron chi connectivity index (χ4n) is 3.13. The molecule has 0 unspecified atom stereocenters. The van der Waals surface area contributed by atoms with Crippen LogP contribution in [0.25, 0.3) is 0 Å². The quantitative estimate of drug-likeness (QED) is 0.591. The zero-order valence-electron chi connectivity index (χ0n) is 14.8. The molecule has 4 nitrogen and oxygen atoms in total. The smallest absolute Gasteiger partial charge is 0.0472 e. The van der Waals surface area contributed by atoms with Crippen LogP contribution in [-0.2, 0) is 4.74 Å². The SMILES string of the molecule is CCCNCC1(CN(CCC)CCN(C)C)CCOCC1. The predicted molar refractivity (Wildman–Crippen MR) is 90.9 cm³/mol. The van der Waals surface area contributed by atoms with Crippen molar-refractivity contribution < 1.29 is 4.74 Å². The summed E-state index contributed by atoms with van der Waals surface area (Å²) in [5.41, 5.74) is 0.412. The van der Waals surface area contributed by atoms with Gasteiger partial charge in [0.2, 0.25) is 0 Å². The van der Waals surface area contributed by atoms with Gasteiger partial charge in [-0.25, -0.2) is 0 Å². The molecular formula is C17H37N3O. The summed E-state index contributed by atoms with van der Waals surface area (Å²) in [4.78, 5) is 4.95. The number of nitrogens with zero attached hydrogens (tertiary/aromatic N) is 2. The minimum Gasteiger partial charge on any atom is -0.381 e. The molecular weight excluding hydrogens is 262 g/mol. The van der Waals surface area contributed by atoms with Crippen LogP contribution in [0.4, 0.5) is 0 Å². The summed E-state index contributed by atoms with van der Waals surface area (Å²) in [6.07, 6.45) is 4.85. The highest BCUT2D eigenvalue weighted by atomic mass is 16.5. The highest BCUT2D eigenvalue weighted by molar-refractivity contribution is 4.87. The summed E-state index contributed by atoms with van der Waals surface area (Å²) in [7, 11) is 4.33. The molecule has 1 aliphatic rings. The highest BCUT2D eigenvalue weighted by Gasteiger charge is 2.33. The first kappa shape index (κ1) is 18.9. The molecule has 0 aliphatic carbocycles. The zero-order chi connectivity index (χ0) is 15.6. The molecule has 126 valence electrons. The van der Waals surface area contributed by atoms with Gasteiger partial charge in [-0.05, 0) is 58.3 Å². The van der Waals surface area contributed by atoms with E-state index in [1.54, 1.807) is 0 Å². The third-order valence-corrected chi connectivity index (χ3v) is 4.44. The maximum absolute atomic E-state index is 5.62. The number of rotatable bonds is 11. The van der Waals surface area contributed by atoms with Crippen LogP contribution in [0.15, 0.2) is 0 Å². The minimum atomic E-state index is 0.412. The van der Waals surface area contributed by atoms with Crippen molar-refractivity contribution in [2.45, 2.75) is 39.5 Å². The lowest BCUT2D eigenvalue weighted by Gasteiger charge is -2.41. The van der Waals surface area contributed by atoms with E-state index < -0.39 is 0 Å². The van der Waals surface area contributed by atoms with Crippen molar-refractivity contribution in [3.8, 4) is 0 Å². The summed E-state index contributed by atoms with van der Waals surface area (Å²) < 4.78 is 5.62.